The summed E-state index contributed by atoms with van der Waals surface area (Å²) in [6.07, 6.45) is -0.0103. The second-order valence-electron chi connectivity index (χ2n) is 5.69. The van der Waals surface area contributed by atoms with Crippen molar-refractivity contribution in [2.75, 3.05) is 23.3 Å². The van der Waals surface area contributed by atoms with Crippen LogP contribution in [0.25, 0.3) is 0 Å². The van der Waals surface area contributed by atoms with Gasteiger partial charge in [-0.1, -0.05) is 18.2 Å². The van der Waals surface area contributed by atoms with Crippen LogP contribution in [0.4, 0.5) is 11.4 Å². The third-order valence-electron chi connectivity index (χ3n) is 3.78. The first-order valence-electron chi connectivity index (χ1n) is 8.44. The highest BCUT2D eigenvalue weighted by Crippen LogP contribution is 2.22. The molecule has 7 nitrogen and oxygen atoms in total. The Balaban J connectivity index is 2.02. The average Bonchev–Trinajstić information content (AvgIpc) is 2.67. The van der Waals surface area contributed by atoms with Gasteiger partial charge in [-0.2, -0.15) is 0 Å². The number of para-hydroxylation sites is 1. The predicted molar refractivity (Wildman–Crippen MR) is 103 cm³/mol. The van der Waals surface area contributed by atoms with Crippen molar-refractivity contribution in [2.24, 2.45) is 0 Å². The lowest BCUT2D eigenvalue weighted by molar-refractivity contribution is -0.144. The number of hydrogen-bond donors (Lipinski definition) is 1. The van der Waals surface area contributed by atoms with Gasteiger partial charge in [0.05, 0.1) is 23.6 Å². The summed E-state index contributed by atoms with van der Waals surface area (Å²) in [5.41, 5.74) is 0.999. The summed E-state index contributed by atoms with van der Waals surface area (Å²) < 4.78 is 31.3. The first-order chi connectivity index (χ1) is 12.8. The summed E-state index contributed by atoms with van der Waals surface area (Å²) in [6.45, 7) is 1.97. The number of hydrogen-bond acceptors (Lipinski definition) is 5. The summed E-state index contributed by atoms with van der Waals surface area (Å²) in [6, 6.07) is 14.6. The number of carbonyl (C=O) groups excluding carboxylic acids is 2. The average molecular weight is 390 g/mol. The molecule has 0 saturated carbocycles. The van der Waals surface area contributed by atoms with Gasteiger partial charge in [0.25, 0.3) is 10.0 Å². The molecule has 0 fully saturated rings. The Morgan fingerprint density at radius 2 is 1.63 bits per heavy atom. The number of rotatable bonds is 8. The third-order valence-corrected chi connectivity index (χ3v) is 5.58. The Hall–Kier alpha value is -2.87. The molecule has 0 spiro atoms. The van der Waals surface area contributed by atoms with Gasteiger partial charge in [0, 0.05) is 19.2 Å². The minimum atomic E-state index is -3.71. The van der Waals surface area contributed by atoms with E-state index >= 15 is 0 Å². The van der Waals surface area contributed by atoms with Crippen molar-refractivity contribution in [3.63, 3.8) is 0 Å². The molecule has 0 aliphatic heterocycles. The highest BCUT2D eigenvalue weighted by atomic mass is 32.2. The number of amides is 1. The van der Waals surface area contributed by atoms with E-state index in [1.54, 1.807) is 31.2 Å². The van der Waals surface area contributed by atoms with Gasteiger partial charge in [0.15, 0.2) is 0 Å². The maximum absolute atomic E-state index is 12.7. The highest BCUT2D eigenvalue weighted by Gasteiger charge is 2.21. The predicted octanol–water partition coefficient (Wildman–Crippen LogP) is 2.79. The molecule has 0 atom stereocenters. The van der Waals surface area contributed by atoms with Crippen LogP contribution in [0, 0.1) is 0 Å². The van der Waals surface area contributed by atoms with Crippen LogP contribution >= 0.6 is 0 Å². The molecular weight excluding hydrogens is 368 g/mol. The van der Waals surface area contributed by atoms with E-state index < -0.39 is 16.0 Å². The number of anilines is 2. The second kappa shape index (κ2) is 9.18. The minimum absolute atomic E-state index is 0.00434. The van der Waals surface area contributed by atoms with Crippen LogP contribution in [0.3, 0.4) is 0 Å². The summed E-state index contributed by atoms with van der Waals surface area (Å²) >= 11 is 0. The topological polar surface area (TPSA) is 92.8 Å². The molecule has 0 radical (unpaired) electrons. The smallest absolute Gasteiger partial charge is 0.306 e. The van der Waals surface area contributed by atoms with Crippen molar-refractivity contribution in [3.8, 4) is 0 Å². The van der Waals surface area contributed by atoms with Crippen molar-refractivity contribution in [2.45, 2.75) is 24.7 Å². The molecule has 0 bridgehead atoms. The summed E-state index contributed by atoms with van der Waals surface area (Å²) in [4.78, 5) is 23.2. The maximum Gasteiger partial charge on any atom is 0.306 e. The van der Waals surface area contributed by atoms with Gasteiger partial charge in [0.2, 0.25) is 5.91 Å². The first kappa shape index (κ1) is 20.4. The van der Waals surface area contributed by atoms with Crippen LogP contribution in [-0.2, 0) is 24.3 Å². The molecular formula is C19H22N2O5S. The zero-order chi connectivity index (χ0) is 19.9. The number of sulfonamides is 1. The van der Waals surface area contributed by atoms with Crippen LogP contribution in [0.5, 0.6) is 0 Å². The Bertz CT molecular complexity index is 880. The normalized spacial score (nSPS) is 10.9. The largest absolute Gasteiger partial charge is 0.466 e. The molecule has 2 rings (SSSR count). The van der Waals surface area contributed by atoms with Crippen LogP contribution in [0.15, 0.2) is 59.5 Å². The van der Waals surface area contributed by atoms with Crippen LogP contribution in [0.2, 0.25) is 0 Å². The van der Waals surface area contributed by atoms with Gasteiger partial charge < -0.3 is 10.1 Å². The van der Waals surface area contributed by atoms with Crippen LogP contribution < -0.4 is 9.62 Å². The SMILES string of the molecule is CCOC(=O)CCC(=O)Nc1ccc(S(=O)(=O)N(C)c2ccccc2)cc1. The molecule has 1 amide bonds. The van der Waals surface area contributed by atoms with Crippen molar-refractivity contribution < 1.29 is 22.7 Å². The van der Waals surface area contributed by atoms with Crippen molar-refractivity contribution >= 4 is 33.3 Å². The highest BCUT2D eigenvalue weighted by molar-refractivity contribution is 7.92. The monoisotopic (exact) mass is 390 g/mol. The van der Waals surface area contributed by atoms with Gasteiger partial charge >= 0.3 is 5.97 Å². The van der Waals surface area contributed by atoms with E-state index in [9.17, 15) is 18.0 Å². The molecule has 27 heavy (non-hydrogen) atoms. The Kier molecular flexibility index (Phi) is 6.95. The van der Waals surface area contributed by atoms with Crippen molar-refractivity contribution in [1.29, 1.82) is 0 Å². The molecule has 0 aliphatic carbocycles. The van der Waals surface area contributed by atoms with Crippen LogP contribution in [0.1, 0.15) is 19.8 Å². The number of ether oxygens (including phenoxy) is 1. The van der Waals surface area contributed by atoms with E-state index in [0.717, 1.165) is 0 Å². The fourth-order valence-corrected chi connectivity index (χ4v) is 3.51. The summed E-state index contributed by atoms with van der Waals surface area (Å²) in [5, 5.41) is 2.62. The Labute approximate surface area is 159 Å². The quantitative estimate of drug-likeness (QED) is 0.700. The standard InChI is InChI=1S/C19H22N2O5S/c1-3-26-19(23)14-13-18(22)20-15-9-11-17(12-10-15)27(24,25)21(2)16-7-5-4-6-8-16/h4-12H,3,13-14H2,1-2H3,(H,20,22). The lowest BCUT2D eigenvalue weighted by Crippen LogP contribution is -2.26. The van der Waals surface area contributed by atoms with Gasteiger partial charge in [-0.3, -0.25) is 13.9 Å². The van der Waals surface area contributed by atoms with Crippen molar-refractivity contribution in [3.05, 3.63) is 54.6 Å². The van der Waals surface area contributed by atoms with E-state index in [2.05, 4.69) is 5.32 Å². The Morgan fingerprint density at radius 1 is 1.00 bits per heavy atom. The van der Waals surface area contributed by atoms with Gasteiger partial charge in [-0.25, -0.2) is 8.42 Å². The molecule has 0 unspecified atom stereocenters. The molecule has 0 aliphatic rings. The molecule has 0 aromatic heterocycles. The number of esters is 1. The zero-order valence-corrected chi connectivity index (χ0v) is 16.0. The summed E-state index contributed by atoms with van der Waals surface area (Å²) in [7, 11) is -2.22. The first-order valence-corrected chi connectivity index (χ1v) is 9.88. The minimum Gasteiger partial charge on any atom is -0.466 e. The molecule has 144 valence electrons. The zero-order valence-electron chi connectivity index (χ0n) is 15.2. The second-order valence-corrected chi connectivity index (χ2v) is 7.65. The number of nitrogens with one attached hydrogen (secondary N) is 1. The maximum atomic E-state index is 12.7. The third kappa shape index (κ3) is 5.55. The lowest BCUT2D eigenvalue weighted by atomic mass is 10.2. The van der Waals surface area contributed by atoms with E-state index in [0.29, 0.717) is 11.4 Å². The number of nitrogens with zero attached hydrogens (tertiary/aromatic N) is 1. The molecule has 0 saturated heterocycles. The molecule has 1 N–H and O–H groups in total. The van der Waals surface area contributed by atoms with Gasteiger partial charge in [-0.05, 0) is 43.3 Å². The van der Waals surface area contributed by atoms with Gasteiger partial charge in [0.1, 0.15) is 0 Å². The van der Waals surface area contributed by atoms with E-state index in [4.69, 9.17) is 4.74 Å². The van der Waals surface area contributed by atoms with E-state index in [1.165, 1.54) is 35.6 Å². The number of carbonyl (C=O) groups is 2. The lowest BCUT2D eigenvalue weighted by Gasteiger charge is -2.19. The fraction of sp³-hybridized carbons (Fsp3) is 0.263. The van der Waals surface area contributed by atoms with E-state index in [-0.39, 0.29) is 30.3 Å². The molecule has 0 heterocycles. The molecule has 8 heteroatoms. The molecule has 2 aromatic rings. The Morgan fingerprint density at radius 3 is 2.22 bits per heavy atom. The van der Waals surface area contributed by atoms with E-state index in [1.807, 2.05) is 6.07 Å². The molecule has 2 aromatic carbocycles. The number of benzene rings is 2. The van der Waals surface area contributed by atoms with Crippen molar-refractivity contribution in [1.82, 2.24) is 0 Å². The van der Waals surface area contributed by atoms with Crippen LogP contribution in [-0.4, -0.2) is 33.9 Å². The van der Waals surface area contributed by atoms with Gasteiger partial charge in [-0.15, -0.1) is 0 Å². The fourth-order valence-electron chi connectivity index (χ4n) is 2.32. The summed E-state index contributed by atoms with van der Waals surface area (Å²) in [5.74, 6) is -0.780.